The summed E-state index contributed by atoms with van der Waals surface area (Å²) in [4.78, 5) is 4.65. The molecule has 0 aliphatic carbocycles. The number of nitrogens with zero attached hydrogens (tertiary/aromatic N) is 1. The Kier molecular flexibility index (Phi) is 3.73. The van der Waals surface area contributed by atoms with Gasteiger partial charge in [0.15, 0.2) is 0 Å². The van der Waals surface area contributed by atoms with Crippen molar-refractivity contribution < 1.29 is 4.74 Å². The van der Waals surface area contributed by atoms with Gasteiger partial charge < -0.3 is 10.1 Å². The average molecular weight is 278 g/mol. The molecule has 2 aromatic carbocycles. The summed E-state index contributed by atoms with van der Waals surface area (Å²) >= 11 is 0. The van der Waals surface area contributed by atoms with Gasteiger partial charge in [-0.1, -0.05) is 30.3 Å². The fourth-order valence-electron chi connectivity index (χ4n) is 2.42. The summed E-state index contributed by atoms with van der Waals surface area (Å²) < 4.78 is 5.24. The van der Waals surface area contributed by atoms with Crippen molar-refractivity contribution in [1.29, 1.82) is 0 Å². The number of pyridine rings is 1. The first kappa shape index (κ1) is 13.4. The molecule has 21 heavy (non-hydrogen) atoms. The molecule has 3 heteroatoms. The number of nitrogens with one attached hydrogen (secondary N) is 1. The number of para-hydroxylation sites is 1. The molecular formula is C18H18N2O. The molecule has 106 valence electrons. The van der Waals surface area contributed by atoms with E-state index in [0.29, 0.717) is 0 Å². The Morgan fingerprint density at radius 2 is 1.90 bits per heavy atom. The predicted molar refractivity (Wildman–Crippen MR) is 86.8 cm³/mol. The molecule has 0 saturated heterocycles. The molecular weight excluding hydrogens is 260 g/mol. The van der Waals surface area contributed by atoms with Crippen LogP contribution in [0.3, 0.4) is 0 Å². The summed E-state index contributed by atoms with van der Waals surface area (Å²) in [7, 11) is 1.68. The maximum Gasteiger partial charge on any atom is 0.127 e. The van der Waals surface area contributed by atoms with E-state index in [9.17, 15) is 0 Å². The third kappa shape index (κ3) is 2.97. The summed E-state index contributed by atoms with van der Waals surface area (Å²) in [5.74, 6) is 1.77. The Morgan fingerprint density at radius 1 is 1.05 bits per heavy atom. The number of fused-ring (bicyclic) bond motifs is 1. The Labute approximate surface area is 124 Å². The van der Waals surface area contributed by atoms with Crippen molar-refractivity contribution in [3.63, 3.8) is 0 Å². The highest BCUT2D eigenvalue weighted by atomic mass is 16.5. The van der Waals surface area contributed by atoms with Gasteiger partial charge in [0.2, 0.25) is 0 Å². The van der Waals surface area contributed by atoms with E-state index in [0.717, 1.165) is 23.6 Å². The van der Waals surface area contributed by atoms with Gasteiger partial charge in [-0.2, -0.15) is 0 Å². The third-order valence-corrected chi connectivity index (χ3v) is 3.53. The summed E-state index contributed by atoms with van der Waals surface area (Å²) in [5.41, 5.74) is 3.42. The van der Waals surface area contributed by atoms with Crippen LogP contribution >= 0.6 is 0 Å². The van der Waals surface area contributed by atoms with Crippen molar-refractivity contribution in [3.05, 3.63) is 65.7 Å². The molecule has 0 atom stereocenters. The number of hydrogen-bond acceptors (Lipinski definition) is 3. The number of methoxy groups -OCH3 is 1. The zero-order valence-electron chi connectivity index (χ0n) is 12.3. The van der Waals surface area contributed by atoms with Crippen LogP contribution in [0.15, 0.2) is 54.6 Å². The second-order valence-corrected chi connectivity index (χ2v) is 5.05. The molecule has 1 N–H and O–H groups in total. The number of hydrogen-bond donors (Lipinski definition) is 1. The second kappa shape index (κ2) is 5.83. The summed E-state index contributed by atoms with van der Waals surface area (Å²) in [6.07, 6.45) is 0. The standard InChI is InChI=1S/C18H18N2O/c1-13-10-18(20-17-9-4-3-8-16(13)17)19-12-14-6-5-7-15(11-14)21-2/h3-11H,12H2,1-2H3,(H,19,20). The monoisotopic (exact) mass is 278 g/mol. The Hall–Kier alpha value is -2.55. The van der Waals surface area contributed by atoms with Crippen LogP contribution in [0.4, 0.5) is 5.82 Å². The number of aryl methyl sites for hydroxylation is 1. The van der Waals surface area contributed by atoms with Crippen molar-refractivity contribution in [2.75, 3.05) is 12.4 Å². The van der Waals surface area contributed by atoms with E-state index in [1.54, 1.807) is 7.11 Å². The first-order valence-electron chi connectivity index (χ1n) is 6.99. The van der Waals surface area contributed by atoms with Crippen LogP contribution in [-0.2, 0) is 6.54 Å². The highest BCUT2D eigenvalue weighted by Crippen LogP contribution is 2.20. The number of benzene rings is 2. The van der Waals surface area contributed by atoms with Crippen molar-refractivity contribution >= 4 is 16.7 Å². The molecule has 0 radical (unpaired) electrons. The van der Waals surface area contributed by atoms with Crippen molar-refractivity contribution in [3.8, 4) is 5.75 Å². The lowest BCUT2D eigenvalue weighted by molar-refractivity contribution is 0.414. The molecule has 0 spiro atoms. The Morgan fingerprint density at radius 3 is 2.76 bits per heavy atom. The lowest BCUT2D eigenvalue weighted by Gasteiger charge is -2.10. The fourth-order valence-corrected chi connectivity index (χ4v) is 2.42. The molecule has 3 nitrogen and oxygen atoms in total. The van der Waals surface area contributed by atoms with E-state index >= 15 is 0 Å². The highest BCUT2D eigenvalue weighted by molar-refractivity contribution is 5.83. The lowest BCUT2D eigenvalue weighted by Crippen LogP contribution is -2.02. The van der Waals surface area contributed by atoms with Crippen molar-refractivity contribution in [1.82, 2.24) is 4.98 Å². The third-order valence-electron chi connectivity index (χ3n) is 3.53. The lowest BCUT2D eigenvalue weighted by atomic mass is 10.1. The summed E-state index contributed by atoms with van der Waals surface area (Å²) in [6, 6.07) is 18.3. The largest absolute Gasteiger partial charge is 0.497 e. The van der Waals surface area contributed by atoms with Crippen LogP contribution in [0.5, 0.6) is 5.75 Å². The molecule has 0 aliphatic heterocycles. The van der Waals surface area contributed by atoms with Gasteiger partial charge >= 0.3 is 0 Å². The smallest absolute Gasteiger partial charge is 0.127 e. The van der Waals surface area contributed by atoms with E-state index in [-0.39, 0.29) is 0 Å². The van der Waals surface area contributed by atoms with Crippen LogP contribution in [0, 0.1) is 6.92 Å². The summed E-state index contributed by atoms with van der Waals surface area (Å²) in [5, 5.41) is 4.58. The first-order chi connectivity index (χ1) is 10.3. The second-order valence-electron chi connectivity index (χ2n) is 5.05. The van der Waals surface area contributed by atoms with E-state index in [2.05, 4.69) is 35.4 Å². The Balaban J connectivity index is 1.81. The van der Waals surface area contributed by atoms with Gasteiger partial charge in [0.1, 0.15) is 11.6 Å². The maximum absolute atomic E-state index is 5.24. The van der Waals surface area contributed by atoms with Gasteiger partial charge in [-0.3, -0.25) is 0 Å². The highest BCUT2D eigenvalue weighted by Gasteiger charge is 2.02. The van der Waals surface area contributed by atoms with Gasteiger partial charge in [0, 0.05) is 11.9 Å². The topological polar surface area (TPSA) is 34.1 Å². The minimum Gasteiger partial charge on any atom is -0.497 e. The van der Waals surface area contributed by atoms with Gasteiger partial charge in [0.05, 0.1) is 12.6 Å². The first-order valence-corrected chi connectivity index (χ1v) is 6.99. The summed E-state index contributed by atoms with van der Waals surface area (Å²) in [6.45, 7) is 2.84. The van der Waals surface area contributed by atoms with E-state index in [1.165, 1.54) is 16.5 Å². The minimum atomic E-state index is 0.724. The van der Waals surface area contributed by atoms with E-state index in [1.807, 2.05) is 36.4 Å². The number of rotatable bonds is 4. The quantitative estimate of drug-likeness (QED) is 0.778. The molecule has 0 fully saturated rings. The van der Waals surface area contributed by atoms with Crippen LogP contribution in [0.2, 0.25) is 0 Å². The number of aromatic nitrogens is 1. The number of anilines is 1. The van der Waals surface area contributed by atoms with E-state index < -0.39 is 0 Å². The fraction of sp³-hybridized carbons (Fsp3) is 0.167. The van der Waals surface area contributed by atoms with Crippen molar-refractivity contribution in [2.24, 2.45) is 0 Å². The molecule has 3 rings (SSSR count). The normalized spacial score (nSPS) is 10.6. The predicted octanol–water partition coefficient (Wildman–Crippen LogP) is 4.16. The number of ether oxygens (including phenoxy) is 1. The SMILES string of the molecule is COc1cccc(CNc2cc(C)c3ccccc3n2)c1. The zero-order chi connectivity index (χ0) is 14.7. The average Bonchev–Trinajstić information content (AvgIpc) is 2.53. The minimum absolute atomic E-state index is 0.724. The van der Waals surface area contributed by atoms with E-state index in [4.69, 9.17) is 4.74 Å². The van der Waals surface area contributed by atoms with Gasteiger partial charge in [-0.05, 0) is 42.3 Å². The van der Waals surface area contributed by atoms with Crippen LogP contribution in [0.1, 0.15) is 11.1 Å². The molecule has 0 unspecified atom stereocenters. The van der Waals surface area contributed by atoms with Gasteiger partial charge in [0.25, 0.3) is 0 Å². The molecule has 0 saturated carbocycles. The molecule has 1 heterocycles. The van der Waals surface area contributed by atoms with Crippen LogP contribution < -0.4 is 10.1 Å². The molecule has 0 amide bonds. The maximum atomic E-state index is 5.24. The Bertz CT molecular complexity index is 768. The molecule has 0 aliphatic rings. The molecule has 0 bridgehead atoms. The van der Waals surface area contributed by atoms with Crippen LogP contribution in [-0.4, -0.2) is 12.1 Å². The molecule has 3 aromatic rings. The van der Waals surface area contributed by atoms with Gasteiger partial charge in [-0.15, -0.1) is 0 Å². The molecule has 1 aromatic heterocycles. The van der Waals surface area contributed by atoms with Crippen molar-refractivity contribution in [2.45, 2.75) is 13.5 Å². The zero-order valence-corrected chi connectivity index (χ0v) is 12.3. The van der Waals surface area contributed by atoms with Gasteiger partial charge in [-0.25, -0.2) is 4.98 Å². The van der Waals surface area contributed by atoms with Crippen LogP contribution in [0.25, 0.3) is 10.9 Å².